The molecule has 0 aliphatic carbocycles. The fraction of sp³-hybridized carbons (Fsp3) is 0.429. The third kappa shape index (κ3) is 3.54. The van der Waals surface area contributed by atoms with E-state index in [1.54, 1.807) is 4.90 Å². The van der Waals surface area contributed by atoms with Crippen LogP contribution in [0.1, 0.15) is 18.4 Å². The molecule has 1 fully saturated rings. The van der Waals surface area contributed by atoms with E-state index in [1.165, 1.54) is 0 Å². The van der Waals surface area contributed by atoms with E-state index in [-0.39, 0.29) is 12.5 Å². The number of aliphatic carboxylic acids is 1. The van der Waals surface area contributed by atoms with Gasteiger partial charge in [0.2, 0.25) is 5.91 Å². The summed E-state index contributed by atoms with van der Waals surface area (Å²) in [4.78, 5) is 24.6. The fourth-order valence-electron chi connectivity index (χ4n) is 2.32. The van der Waals surface area contributed by atoms with Crippen LogP contribution in [0.5, 0.6) is 0 Å². The molecule has 0 bridgehead atoms. The standard InChI is InChI=1S/C14H18N2O3/c1-10-4-6-11(7-5-10)15-13(17)9-16-8-2-3-12(16)14(18)19/h4-7,12H,2-3,8-9H2,1H3,(H,15,17)(H,18,19)/t12-/m0/s1. The predicted octanol–water partition coefficient (Wildman–Crippen LogP) is 1.48. The van der Waals surface area contributed by atoms with Crippen molar-refractivity contribution in [1.29, 1.82) is 0 Å². The summed E-state index contributed by atoms with van der Waals surface area (Å²) in [6, 6.07) is 7.00. The molecule has 2 N–H and O–H groups in total. The Morgan fingerprint density at radius 1 is 1.37 bits per heavy atom. The summed E-state index contributed by atoms with van der Waals surface area (Å²) >= 11 is 0. The van der Waals surface area contributed by atoms with E-state index in [9.17, 15) is 9.59 Å². The largest absolute Gasteiger partial charge is 0.480 e. The van der Waals surface area contributed by atoms with E-state index in [2.05, 4.69) is 5.32 Å². The zero-order valence-electron chi connectivity index (χ0n) is 10.9. The van der Waals surface area contributed by atoms with Gasteiger partial charge in [0.05, 0.1) is 6.54 Å². The number of benzene rings is 1. The smallest absolute Gasteiger partial charge is 0.320 e. The van der Waals surface area contributed by atoms with E-state index in [1.807, 2.05) is 31.2 Å². The molecule has 1 heterocycles. The summed E-state index contributed by atoms with van der Waals surface area (Å²) in [5.41, 5.74) is 1.87. The molecule has 19 heavy (non-hydrogen) atoms. The molecule has 1 aromatic rings. The number of carbonyl (C=O) groups is 2. The van der Waals surface area contributed by atoms with Crippen molar-refractivity contribution in [2.24, 2.45) is 0 Å². The molecule has 1 amide bonds. The minimum absolute atomic E-state index is 0.130. The summed E-state index contributed by atoms with van der Waals surface area (Å²) in [5, 5.41) is 11.8. The van der Waals surface area contributed by atoms with Gasteiger partial charge in [-0.25, -0.2) is 0 Å². The number of carbonyl (C=O) groups excluding carboxylic acids is 1. The molecule has 0 radical (unpaired) electrons. The van der Waals surface area contributed by atoms with Gasteiger partial charge >= 0.3 is 5.97 Å². The number of carboxylic acid groups (broad SMARTS) is 1. The molecule has 1 atom stereocenters. The lowest BCUT2D eigenvalue weighted by Crippen LogP contribution is -2.40. The number of nitrogens with one attached hydrogen (secondary N) is 1. The van der Waals surface area contributed by atoms with Crippen molar-refractivity contribution < 1.29 is 14.7 Å². The summed E-state index contributed by atoms with van der Waals surface area (Å²) in [5.74, 6) is -1.02. The second kappa shape index (κ2) is 5.84. The number of amides is 1. The molecule has 2 rings (SSSR count). The van der Waals surface area contributed by atoms with Gasteiger partial charge in [-0.15, -0.1) is 0 Å². The molecular formula is C14H18N2O3. The fourth-order valence-corrected chi connectivity index (χ4v) is 2.32. The van der Waals surface area contributed by atoms with Gasteiger partial charge in [-0.05, 0) is 38.4 Å². The molecule has 0 spiro atoms. The highest BCUT2D eigenvalue weighted by Gasteiger charge is 2.31. The number of aryl methyl sites for hydroxylation is 1. The number of rotatable bonds is 4. The Labute approximate surface area is 112 Å². The number of nitrogens with zero attached hydrogens (tertiary/aromatic N) is 1. The SMILES string of the molecule is Cc1ccc(NC(=O)CN2CCC[C@H]2C(=O)O)cc1. The van der Waals surface area contributed by atoms with E-state index < -0.39 is 12.0 Å². The first kappa shape index (κ1) is 13.5. The minimum atomic E-state index is -0.847. The summed E-state index contributed by atoms with van der Waals surface area (Å²) in [6.45, 7) is 2.77. The third-order valence-corrected chi connectivity index (χ3v) is 3.33. The van der Waals surface area contributed by atoms with E-state index in [4.69, 9.17) is 5.11 Å². The second-order valence-corrected chi connectivity index (χ2v) is 4.88. The van der Waals surface area contributed by atoms with E-state index in [0.717, 1.165) is 17.7 Å². The van der Waals surface area contributed by atoms with Crippen LogP contribution in [0, 0.1) is 6.92 Å². The highest BCUT2D eigenvalue weighted by Crippen LogP contribution is 2.17. The van der Waals surface area contributed by atoms with Crippen molar-refractivity contribution in [3.05, 3.63) is 29.8 Å². The normalized spacial score (nSPS) is 19.3. The number of carboxylic acids is 1. The zero-order valence-corrected chi connectivity index (χ0v) is 10.9. The van der Waals surface area contributed by atoms with Crippen molar-refractivity contribution >= 4 is 17.6 Å². The van der Waals surface area contributed by atoms with E-state index in [0.29, 0.717) is 13.0 Å². The average Bonchev–Trinajstić information content (AvgIpc) is 2.80. The van der Waals surface area contributed by atoms with Crippen molar-refractivity contribution in [3.8, 4) is 0 Å². The molecule has 1 aromatic carbocycles. The monoisotopic (exact) mass is 262 g/mol. The van der Waals surface area contributed by atoms with Crippen LogP contribution in [0.4, 0.5) is 5.69 Å². The number of anilines is 1. The van der Waals surface area contributed by atoms with Crippen LogP contribution < -0.4 is 5.32 Å². The lowest BCUT2D eigenvalue weighted by Gasteiger charge is -2.20. The quantitative estimate of drug-likeness (QED) is 0.862. The minimum Gasteiger partial charge on any atom is -0.480 e. The van der Waals surface area contributed by atoms with Crippen LogP contribution in [-0.4, -0.2) is 41.0 Å². The van der Waals surface area contributed by atoms with Crippen LogP contribution in [0.25, 0.3) is 0 Å². The molecule has 0 saturated carbocycles. The van der Waals surface area contributed by atoms with Crippen LogP contribution in [0.2, 0.25) is 0 Å². The van der Waals surface area contributed by atoms with Crippen molar-refractivity contribution in [3.63, 3.8) is 0 Å². The number of hydrogen-bond acceptors (Lipinski definition) is 3. The Bertz CT molecular complexity index is 470. The molecule has 102 valence electrons. The number of hydrogen-bond donors (Lipinski definition) is 2. The molecule has 5 nitrogen and oxygen atoms in total. The predicted molar refractivity (Wildman–Crippen MR) is 72.0 cm³/mol. The van der Waals surface area contributed by atoms with Gasteiger partial charge in [-0.2, -0.15) is 0 Å². The van der Waals surface area contributed by atoms with Crippen LogP contribution in [-0.2, 0) is 9.59 Å². The Kier molecular flexibility index (Phi) is 4.16. The van der Waals surface area contributed by atoms with Gasteiger partial charge in [-0.3, -0.25) is 14.5 Å². The third-order valence-electron chi connectivity index (χ3n) is 3.33. The summed E-state index contributed by atoms with van der Waals surface area (Å²) in [6.07, 6.45) is 1.45. The Balaban J connectivity index is 1.90. The topological polar surface area (TPSA) is 69.6 Å². The Morgan fingerprint density at radius 2 is 2.05 bits per heavy atom. The van der Waals surface area contributed by atoms with Gasteiger partial charge in [0.1, 0.15) is 6.04 Å². The maximum absolute atomic E-state index is 11.9. The molecule has 0 aromatic heterocycles. The van der Waals surface area contributed by atoms with Gasteiger partial charge < -0.3 is 10.4 Å². The van der Waals surface area contributed by atoms with Gasteiger partial charge in [0.15, 0.2) is 0 Å². The van der Waals surface area contributed by atoms with Crippen LogP contribution >= 0.6 is 0 Å². The first-order valence-corrected chi connectivity index (χ1v) is 6.39. The molecule has 1 saturated heterocycles. The molecule has 1 aliphatic heterocycles. The van der Waals surface area contributed by atoms with Crippen molar-refractivity contribution in [1.82, 2.24) is 4.90 Å². The van der Waals surface area contributed by atoms with Crippen molar-refractivity contribution in [2.45, 2.75) is 25.8 Å². The molecule has 0 unspecified atom stereocenters. The van der Waals surface area contributed by atoms with E-state index >= 15 is 0 Å². The zero-order chi connectivity index (χ0) is 13.8. The highest BCUT2D eigenvalue weighted by atomic mass is 16.4. The van der Waals surface area contributed by atoms with Crippen molar-refractivity contribution in [2.75, 3.05) is 18.4 Å². The first-order chi connectivity index (χ1) is 9.06. The van der Waals surface area contributed by atoms with Gasteiger partial charge in [-0.1, -0.05) is 17.7 Å². The van der Waals surface area contributed by atoms with Crippen LogP contribution in [0.3, 0.4) is 0 Å². The lowest BCUT2D eigenvalue weighted by atomic mass is 10.2. The Hall–Kier alpha value is -1.88. The van der Waals surface area contributed by atoms with Gasteiger partial charge in [0, 0.05) is 5.69 Å². The summed E-state index contributed by atoms with van der Waals surface area (Å²) < 4.78 is 0. The van der Waals surface area contributed by atoms with Gasteiger partial charge in [0.25, 0.3) is 0 Å². The maximum atomic E-state index is 11.9. The second-order valence-electron chi connectivity index (χ2n) is 4.88. The molecule has 1 aliphatic rings. The lowest BCUT2D eigenvalue weighted by molar-refractivity contribution is -0.142. The maximum Gasteiger partial charge on any atom is 0.320 e. The average molecular weight is 262 g/mol. The highest BCUT2D eigenvalue weighted by molar-refractivity contribution is 5.92. The summed E-state index contributed by atoms with van der Waals surface area (Å²) in [7, 11) is 0. The Morgan fingerprint density at radius 3 is 2.68 bits per heavy atom. The first-order valence-electron chi connectivity index (χ1n) is 6.39. The van der Waals surface area contributed by atoms with Crippen LogP contribution in [0.15, 0.2) is 24.3 Å². The number of likely N-dealkylation sites (tertiary alicyclic amines) is 1. The molecular weight excluding hydrogens is 244 g/mol. The molecule has 5 heteroatoms.